The molecular formula is C11H15ClO2S. The van der Waals surface area contributed by atoms with Crippen LogP contribution in [0.1, 0.15) is 37.5 Å². The normalized spacial score (nSPS) is 12.5. The zero-order chi connectivity index (χ0) is 11.3. The highest BCUT2D eigenvalue weighted by Crippen LogP contribution is 2.31. The van der Waals surface area contributed by atoms with Crippen molar-refractivity contribution < 1.29 is 9.53 Å². The Morgan fingerprint density at radius 2 is 2.27 bits per heavy atom. The lowest BCUT2D eigenvalue weighted by molar-refractivity contribution is -0.145. The summed E-state index contributed by atoms with van der Waals surface area (Å²) in [5, 5.41) is 0. The molecule has 1 rings (SSSR count). The molecule has 0 spiro atoms. The highest BCUT2D eigenvalue weighted by atomic mass is 35.5. The Bertz CT molecular complexity index is 322. The largest absolute Gasteiger partial charge is 0.465 e. The molecule has 1 aromatic heterocycles. The summed E-state index contributed by atoms with van der Waals surface area (Å²) >= 11 is 7.31. The van der Waals surface area contributed by atoms with Crippen LogP contribution in [0.4, 0.5) is 0 Å². The molecule has 1 unspecified atom stereocenters. The van der Waals surface area contributed by atoms with Crippen molar-refractivity contribution in [1.82, 2.24) is 0 Å². The molecule has 1 aromatic rings. The molecule has 84 valence electrons. The molecule has 0 bridgehead atoms. The standard InChI is InChI=1S/C11H15ClO2S/c1-3-5-8(11(13)14-4-2)9-6-7-10(12)15-9/h6-8H,3-5H2,1-2H3. The summed E-state index contributed by atoms with van der Waals surface area (Å²) in [4.78, 5) is 12.7. The molecule has 0 saturated heterocycles. The zero-order valence-electron chi connectivity index (χ0n) is 8.96. The number of hydrogen-bond donors (Lipinski definition) is 0. The van der Waals surface area contributed by atoms with E-state index in [0.29, 0.717) is 6.61 Å². The van der Waals surface area contributed by atoms with Gasteiger partial charge < -0.3 is 4.74 Å². The van der Waals surface area contributed by atoms with E-state index in [9.17, 15) is 4.79 Å². The first-order valence-corrected chi connectivity index (χ1v) is 6.30. The van der Waals surface area contributed by atoms with Crippen LogP contribution >= 0.6 is 22.9 Å². The average Bonchev–Trinajstić information content (AvgIpc) is 2.61. The maximum Gasteiger partial charge on any atom is 0.314 e. The Morgan fingerprint density at radius 3 is 2.73 bits per heavy atom. The molecule has 0 amide bonds. The summed E-state index contributed by atoms with van der Waals surface area (Å²) in [6.45, 7) is 4.31. The van der Waals surface area contributed by atoms with Crippen LogP contribution in [0.25, 0.3) is 0 Å². The number of thiophene rings is 1. The predicted octanol–water partition coefficient (Wildman–Crippen LogP) is 3.85. The van der Waals surface area contributed by atoms with Gasteiger partial charge in [-0.2, -0.15) is 0 Å². The van der Waals surface area contributed by atoms with Crippen molar-refractivity contribution in [3.63, 3.8) is 0 Å². The first-order valence-electron chi connectivity index (χ1n) is 5.10. The molecule has 0 aliphatic carbocycles. The van der Waals surface area contributed by atoms with E-state index in [-0.39, 0.29) is 11.9 Å². The molecule has 0 aliphatic heterocycles. The van der Waals surface area contributed by atoms with Crippen molar-refractivity contribution >= 4 is 28.9 Å². The predicted molar refractivity (Wildman–Crippen MR) is 63.6 cm³/mol. The number of esters is 1. The summed E-state index contributed by atoms with van der Waals surface area (Å²) < 4.78 is 5.76. The fourth-order valence-corrected chi connectivity index (χ4v) is 2.61. The molecule has 1 atom stereocenters. The van der Waals surface area contributed by atoms with Gasteiger partial charge in [-0.3, -0.25) is 4.79 Å². The Labute approximate surface area is 99.2 Å². The van der Waals surface area contributed by atoms with Gasteiger partial charge in [-0.25, -0.2) is 0 Å². The number of carbonyl (C=O) groups is 1. The molecular weight excluding hydrogens is 232 g/mol. The molecule has 0 radical (unpaired) electrons. The average molecular weight is 247 g/mol. The highest BCUT2D eigenvalue weighted by Gasteiger charge is 2.22. The van der Waals surface area contributed by atoms with Gasteiger partial charge in [0.05, 0.1) is 16.9 Å². The van der Waals surface area contributed by atoms with Gasteiger partial charge in [0.25, 0.3) is 0 Å². The van der Waals surface area contributed by atoms with E-state index in [4.69, 9.17) is 16.3 Å². The number of carbonyl (C=O) groups excluding carboxylic acids is 1. The number of hydrogen-bond acceptors (Lipinski definition) is 3. The lowest BCUT2D eigenvalue weighted by Crippen LogP contribution is -2.14. The Kier molecular flexibility index (Phi) is 5.12. The fraction of sp³-hybridized carbons (Fsp3) is 0.545. The van der Waals surface area contributed by atoms with Crippen LogP contribution in [-0.2, 0) is 9.53 Å². The van der Waals surface area contributed by atoms with Crippen molar-refractivity contribution in [2.24, 2.45) is 0 Å². The monoisotopic (exact) mass is 246 g/mol. The summed E-state index contributed by atoms with van der Waals surface area (Å²) in [6, 6.07) is 3.73. The molecule has 1 heterocycles. The number of rotatable bonds is 5. The molecule has 0 saturated carbocycles. The Morgan fingerprint density at radius 1 is 1.53 bits per heavy atom. The second-order valence-electron chi connectivity index (χ2n) is 3.24. The van der Waals surface area contributed by atoms with Crippen LogP contribution in [0.15, 0.2) is 12.1 Å². The minimum Gasteiger partial charge on any atom is -0.465 e. The van der Waals surface area contributed by atoms with E-state index in [1.807, 2.05) is 19.1 Å². The molecule has 2 nitrogen and oxygen atoms in total. The summed E-state index contributed by atoms with van der Waals surface area (Å²) in [5.41, 5.74) is 0. The van der Waals surface area contributed by atoms with Gasteiger partial charge in [0.2, 0.25) is 0 Å². The summed E-state index contributed by atoms with van der Waals surface area (Å²) in [6.07, 6.45) is 1.77. The van der Waals surface area contributed by atoms with Crippen LogP contribution in [0.5, 0.6) is 0 Å². The van der Waals surface area contributed by atoms with Crippen molar-refractivity contribution in [3.8, 4) is 0 Å². The zero-order valence-corrected chi connectivity index (χ0v) is 10.5. The second kappa shape index (κ2) is 6.13. The van der Waals surface area contributed by atoms with E-state index >= 15 is 0 Å². The van der Waals surface area contributed by atoms with Gasteiger partial charge in [-0.05, 0) is 25.5 Å². The SMILES string of the molecule is CCCC(C(=O)OCC)c1ccc(Cl)s1. The first-order chi connectivity index (χ1) is 7.19. The smallest absolute Gasteiger partial charge is 0.314 e. The third-order valence-corrected chi connectivity index (χ3v) is 3.43. The molecule has 0 aromatic carbocycles. The van der Waals surface area contributed by atoms with E-state index in [2.05, 4.69) is 6.92 Å². The fourth-order valence-electron chi connectivity index (χ4n) is 1.42. The molecule has 0 fully saturated rings. The van der Waals surface area contributed by atoms with Crippen molar-refractivity contribution in [2.75, 3.05) is 6.61 Å². The van der Waals surface area contributed by atoms with Crippen LogP contribution in [-0.4, -0.2) is 12.6 Å². The van der Waals surface area contributed by atoms with Gasteiger partial charge in [0.15, 0.2) is 0 Å². The topological polar surface area (TPSA) is 26.3 Å². The summed E-state index contributed by atoms with van der Waals surface area (Å²) in [5.74, 6) is -0.287. The van der Waals surface area contributed by atoms with E-state index in [1.54, 1.807) is 0 Å². The minimum absolute atomic E-state index is 0.141. The third kappa shape index (κ3) is 3.50. The van der Waals surface area contributed by atoms with Gasteiger partial charge in [-0.15, -0.1) is 11.3 Å². The van der Waals surface area contributed by atoms with Gasteiger partial charge >= 0.3 is 5.97 Å². The van der Waals surface area contributed by atoms with Crippen LogP contribution in [0.3, 0.4) is 0 Å². The lowest BCUT2D eigenvalue weighted by Gasteiger charge is -2.12. The van der Waals surface area contributed by atoms with Crippen LogP contribution in [0, 0.1) is 0 Å². The maximum absolute atomic E-state index is 11.7. The van der Waals surface area contributed by atoms with Crippen molar-refractivity contribution in [1.29, 1.82) is 0 Å². The van der Waals surface area contributed by atoms with Crippen molar-refractivity contribution in [2.45, 2.75) is 32.6 Å². The molecule has 0 N–H and O–H groups in total. The number of ether oxygens (including phenoxy) is 1. The Hall–Kier alpha value is -0.540. The first kappa shape index (κ1) is 12.5. The van der Waals surface area contributed by atoms with Gasteiger partial charge in [0, 0.05) is 4.88 Å². The second-order valence-corrected chi connectivity index (χ2v) is 4.98. The molecule has 0 aliphatic rings. The number of halogens is 1. The molecule has 15 heavy (non-hydrogen) atoms. The van der Waals surface area contributed by atoms with Crippen LogP contribution in [0.2, 0.25) is 4.34 Å². The van der Waals surface area contributed by atoms with E-state index < -0.39 is 0 Å². The van der Waals surface area contributed by atoms with Crippen molar-refractivity contribution in [3.05, 3.63) is 21.3 Å². The highest BCUT2D eigenvalue weighted by molar-refractivity contribution is 7.16. The van der Waals surface area contributed by atoms with Crippen LogP contribution < -0.4 is 0 Å². The lowest BCUT2D eigenvalue weighted by atomic mass is 10.0. The summed E-state index contributed by atoms with van der Waals surface area (Å²) in [7, 11) is 0. The van der Waals surface area contributed by atoms with Gasteiger partial charge in [0.1, 0.15) is 0 Å². The van der Waals surface area contributed by atoms with E-state index in [0.717, 1.165) is 22.1 Å². The molecule has 4 heteroatoms. The quantitative estimate of drug-likeness (QED) is 0.738. The van der Waals surface area contributed by atoms with E-state index in [1.165, 1.54) is 11.3 Å². The van der Waals surface area contributed by atoms with Gasteiger partial charge in [-0.1, -0.05) is 24.9 Å². The minimum atomic E-state index is -0.146. The third-order valence-electron chi connectivity index (χ3n) is 2.09. The maximum atomic E-state index is 11.7. The Balaban J connectivity index is 2.77.